The first-order valence-corrected chi connectivity index (χ1v) is 9.12. The minimum Gasteiger partial charge on any atom is -0.378 e. The van der Waals surface area contributed by atoms with Crippen LogP contribution < -0.4 is 10.6 Å². The highest BCUT2D eigenvalue weighted by atomic mass is 16.5. The van der Waals surface area contributed by atoms with E-state index in [0.717, 1.165) is 39.0 Å². The van der Waals surface area contributed by atoms with Gasteiger partial charge >= 0.3 is 0 Å². The minimum atomic E-state index is 0.0690. The Morgan fingerprint density at radius 1 is 1.32 bits per heavy atom. The minimum absolute atomic E-state index is 0.0690. The van der Waals surface area contributed by atoms with Crippen molar-refractivity contribution < 1.29 is 9.53 Å². The molecule has 4 nitrogen and oxygen atoms in total. The third-order valence-electron chi connectivity index (χ3n) is 6.42. The van der Waals surface area contributed by atoms with Crippen LogP contribution in [0, 0.1) is 16.7 Å². The highest BCUT2D eigenvalue weighted by Crippen LogP contribution is 2.58. The molecule has 2 N–H and O–H groups in total. The van der Waals surface area contributed by atoms with E-state index in [0.29, 0.717) is 17.4 Å². The summed E-state index contributed by atoms with van der Waals surface area (Å²) in [6.45, 7) is 9.64. The number of piperidine rings is 1. The zero-order valence-corrected chi connectivity index (χ0v) is 14.4. The molecule has 3 rings (SSSR count). The maximum atomic E-state index is 12.6. The lowest BCUT2D eigenvalue weighted by atomic mass is 9.64. The number of rotatable bonds is 6. The average molecular weight is 308 g/mol. The Kier molecular flexibility index (Phi) is 4.52. The molecule has 1 amide bonds. The molecule has 0 aromatic heterocycles. The van der Waals surface area contributed by atoms with Crippen LogP contribution in [-0.4, -0.2) is 37.7 Å². The smallest absolute Gasteiger partial charge is 0.223 e. The van der Waals surface area contributed by atoms with Crippen LogP contribution in [0.5, 0.6) is 0 Å². The fourth-order valence-electron chi connectivity index (χ4n) is 4.25. The van der Waals surface area contributed by atoms with Gasteiger partial charge in [-0.15, -0.1) is 0 Å². The molecule has 0 aromatic carbocycles. The fraction of sp³-hybridized carbons (Fsp3) is 0.944. The molecule has 126 valence electrons. The zero-order chi connectivity index (χ0) is 15.8. The Balaban J connectivity index is 1.45. The van der Waals surface area contributed by atoms with E-state index in [4.69, 9.17) is 4.74 Å². The Morgan fingerprint density at radius 3 is 2.68 bits per heavy atom. The van der Waals surface area contributed by atoms with Crippen LogP contribution in [0.25, 0.3) is 0 Å². The molecule has 1 saturated heterocycles. The van der Waals surface area contributed by atoms with Gasteiger partial charge in [0, 0.05) is 24.0 Å². The monoisotopic (exact) mass is 308 g/mol. The number of hydrogen-bond donors (Lipinski definition) is 2. The van der Waals surface area contributed by atoms with E-state index < -0.39 is 0 Å². The molecule has 3 aliphatic rings. The number of carbonyl (C=O) groups excluding carboxylic acids is 1. The molecule has 1 heterocycles. The van der Waals surface area contributed by atoms with Gasteiger partial charge in [-0.05, 0) is 50.6 Å². The summed E-state index contributed by atoms with van der Waals surface area (Å²) in [4.78, 5) is 12.6. The molecular weight excluding hydrogens is 276 g/mol. The second kappa shape index (κ2) is 6.12. The van der Waals surface area contributed by atoms with E-state index in [1.54, 1.807) is 0 Å². The van der Waals surface area contributed by atoms with Crippen LogP contribution in [0.1, 0.15) is 59.3 Å². The third kappa shape index (κ3) is 2.92. The molecule has 3 fully saturated rings. The first kappa shape index (κ1) is 16.3. The van der Waals surface area contributed by atoms with Gasteiger partial charge in [-0.25, -0.2) is 0 Å². The summed E-state index contributed by atoms with van der Waals surface area (Å²) in [6, 6.07) is 0.283. The number of hydrogen-bond acceptors (Lipinski definition) is 3. The van der Waals surface area contributed by atoms with Crippen molar-refractivity contribution in [3.63, 3.8) is 0 Å². The van der Waals surface area contributed by atoms with Crippen molar-refractivity contribution in [2.45, 2.75) is 71.4 Å². The topological polar surface area (TPSA) is 50.4 Å². The number of unbranched alkanes of at least 4 members (excludes halogenated alkanes) is 1. The van der Waals surface area contributed by atoms with Crippen molar-refractivity contribution in [2.24, 2.45) is 16.7 Å². The number of ether oxygens (including phenoxy) is 1. The highest BCUT2D eigenvalue weighted by Gasteiger charge is 2.59. The Bertz CT molecular complexity index is 415. The lowest BCUT2D eigenvalue weighted by molar-refractivity contribution is -0.139. The highest BCUT2D eigenvalue weighted by molar-refractivity contribution is 5.83. The van der Waals surface area contributed by atoms with Gasteiger partial charge in [0.05, 0.1) is 6.10 Å². The van der Waals surface area contributed by atoms with Crippen LogP contribution in [-0.2, 0) is 9.53 Å². The van der Waals surface area contributed by atoms with Crippen LogP contribution in [0.3, 0.4) is 0 Å². The quantitative estimate of drug-likeness (QED) is 0.741. The van der Waals surface area contributed by atoms with E-state index in [2.05, 4.69) is 31.4 Å². The molecule has 0 aromatic rings. The standard InChI is InChI=1S/C18H32N2O2/c1-4-5-10-22-15-11-14(17(15,2)3)20-16(21)13-12-18(13)6-8-19-9-7-18/h13-15,19H,4-12H2,1-3H3,(H,20,21). The van der Waals surface area contributed by atoms with Gasteiger partial charge in [-0.1, -0.05) is 27.2 Å². The average Bonchev–Trinajstić information content (AvgIpc) is 3.19. The second-order valence-corrected chi connectivity index (χ2v) is 8.20. The molecule has 3 unspecified atom stereocenters. The lowest BCUT2D eigenvalue weighted by Gasteiger charge is -2.51. The van der Waals surface area contributed by atoms with Crippen molar-refractivity contribution in [2.75, 3.05) is 19.7 Å². The summed E-state index contributed by atoms with van der Waals surface area (Å²) >= 11 is 0. The van der Waals surface area contributed by atoms with E-state index in [-0.39, 0.29) is 17.4 Å². The SMILES string of the molecule is CCCCOC1CC(NC(=O)C2CC23CCNCC3)C1(C)C. The first-order chi connectivity index (χ1) is 10.5. The second-order valence-electron chi connectivity index (χ2n) is 8.20. The van der Waals surface area contributed by atoms with Gasteiger partial charge in [0.15, 0.2) is 0 Å². The molecule has 1 aliphatic heterocycles. The first-order valence-electron chi connectivity index (χ1n) is 9.12. The molecule has 22 heavy (non-hydrogen) atoms. The van der Waals surface area contributed by atoms with Crippen molar-refractivity contribution in [3.05, 3.63) is 0 Å². The zero-order valence-electron chi connectivity index (χ0n) is 14.4. The maximum absolute atomic E-state index is 12.6. The third-order valence-corrected chi connectivity index (χ3v) is 6.42. The van der Waals surface area contributed by atoms with Crippen molar-refractivity contribution in [1.29, 1.82) is 0 Å². The number of carbonyl (C=O) groups is 1. The summed E-state index contributed by atoms with van der Waals surface area (Å²) in [5.41, 5.74) is 0.403. The normalized spacial score (nSPS) is 35.0. The van der Waals surface area contributed by atoms with Gasteiger partial charge in [-0.2, -0.15) is 0 Å². The number of nitrogens with one attached hydrogen (secondary N) is 2. The van der Waals surface area contributed by atoms with Gasteiger partial charge < -0.3 is 15.4 Å². The maximum Gasteiger partial charge on any atom is 0.223 e. The number of amides is 1. The van der Waals surface area contributed by atoms with E-state index >= 15 is 0 Å². The summed E-state index contributed by atoms with van der Waals surface area (Å²) in [5.74, 6) is 0.567. The van der Waals surface area contributed by atoms with Crippen LogP contribution in [0.2, 0.25) is 0 Å². The van der Waals surface area contributed by atoms with Crippen LogP contribution in [0.15, 0.2) is 0 Å². The molecule has 0 radical (unpaired) electrons. The van der Waals surface area contributed by atoms with Gasteiger partial charge in [0.2, 0.25) is 5.91 Å². The van der Waals surface area contributed by atoms with Crippen molar-refractivity contribution >= 4 is 5.91 Å². The van der Waals surface area contributed by atoms with E-state index in [9.17, 15) is 4.79 Å². The van der Waals surface area contributed by atoms with Crippen molar-refractivity contribution in [1.82, 2.24) is 10.6 Å². The summed E-state index contributed by atoms with van der Waals surface area (Å²) in [7, 11) is 0. The van der Waals surface area contributed by atoms with E-state index in [1.165, 1.54) is 19.3 Å². The van der Waals surface area contributed by atoms with Gasteiger partial charge in [0.25, 0.3) is 0 Å². The molecule has 0 bridgehead atoms. The largest absolute Gasteiger partial charge is 0.378 e. The van der Waals surface area contributed by atoms with Gasteiger partial charge in [-0.3, -0.25) is 4.79 Å². The molecule has 3 atom stereocenters. The molecule has 2 aliphatic carbocycles. The molecule has 2 saturated carbocycles. The van der Waals surface area contributed by atoms with Gasteiger partial charge in [0.1, 0.15) is 0 Å². The lowest BCUT2D eigenvalue weighted by Crippen LogP contribution is -2.62. The van der Waals surface area contributed by atoms with E-state index in [1.807, 2.05) is 0 Å². The predicted octanol–water partition coefficient (Wildman–Crippen LogP) is 2.48. The van der Waals surface area contributed by atoms with Crippen LogP contribution in [0.4, 0.5) is 0 Å². The summed E-state index contributed by atoms with van der Waals surface area (Å²) in [6.07, 6.45) is 7.02. The predicted molar refractivity (Wildman–Crippen MR) is 87.6 cm³/mol. The molecule has 4 heteroatoms. The Labute approximate surface area is 134 Å². The summed E-state index contributed by atoms with van der Waals surface area (Å²) in [5, 5.41) is 6.72. The Morgan fingerprint density at radius 2 is 2.05 bits per heavy atom. The molecular formula is C18H32N2O2. The fourth-order valence-corrected chi connectivity index (χ4v) is 4.25. The van der Waals surface area contributed by atoms with Crippen molar-refractivity contribution in [3.8, 4) is 0 Å². The molecule has 1 spiro atoms. The Hall–Kier alpha value is -0.610. The van der Waals surface area contributed by atoms with Crippen LogP contribution >= 0.6 is 0 Å². The summed E-state index contributed by atoms with van der Waals surface area (Å²) < 4.78 is 5.97.